The summed E-state index contributed by atoms with van der Waals surface area (Å²) in [6.45, 7) is 0.591. The Labute approximate surface area is 100 Å². The summed E-state index contributed by atoms with van der Waals surface area (Å²) >= 11 is 0. The molecule has 2 atom stereocenters. The monoisotopic (exact) mass is 237 g/mol. The smallest absolute Gasteiger partial charge is 0.234 e. The largest absolute Gasteiger partial charge is 0.368 e. The van der Waals surface area contributed by atoms with E-state index in [0.717, 1.165) is 19.3 Å². The Morgan fingerprint density at radius 3 is 2.65 bits per heavy atom. The lowest BCUT2D eigenvalue weighted by Gasteiger charge is -2.24. The molecule has 1 aliphatic carbocycles. The second-order valence-corrected chi connectivity index (χ2v) is 5.94. The quantitative estimate of drug-likeness (QED) is 0.583. The average molecular weight is 237 g/mol. The Kier molecular flexibility index (Phi) is 2.23. The van der Waals surface area contributed by atoms with Crippen LogP contribution in [0.15, 0.2) is 0 Å². The molecule has 2 heterocycles. The van der Waals surface area contributed by atoms with Gasteiger partial charge in [-0.1, -0.05) is 12.8 Å². The van der Waals surface area contributed by atoms with Gasteiger partial charge in [0.15, 0.2) is 0 Å². The Morgan fingerprint density at radius 1 is 1.35 bits per heavy atom. The zero-order valence-electron chi connectivity index (χ0n) is 9.92. The highest BCUT2D eigenvalue weighted by Gasteiger charge is 2.58. The van der Waals surface area contributed by atoms with Crippen LogP contribution in [0.5, 0.6) is 0 Å². The third-order valence-corrected chi connectivity index (χ3v) is 4.72. The van der Waals surface area contributed by atoms with Crippen molar-refractivity contribution in [3.63, 3.8) is 0 Å². The third-order valence-electron chi connectivity index (χ3n) is 4.72. The summed E-state index contributed by atoms with van der Waals surface area (Å²) in [5, 5.41) is 6.28. The number of amides is 2. The predicted octanol–water partition coefficient (Wildman–Crippen LogP) is -0.347. The van der Waals surface area contributed by atoms with Gasteiger partial charge in [-0.15, -0.1) is 0 Å². The van der Waals surface area contributed by atoms with Crippen LogP contribution >= 0.6 is 0 Å². The summed E-state index contributed by atoms with van der Waals surface area (Å²) in [7, 11) is 0. The first-order valence-corrected chi connectivity index (χ1v) is 6.41. The van der Waals surface area contributed by atoms with Crippen molar-refractivity contribution in [2.24, 2.45) is 11.1 Å². The van der Waals surface area contributed by atoms with Crippen molar-refractivity contribution in [2.45, 2.75) is 50.1 Å². The van der Waals surface area contributed by atoms with Gasteiger partial charge in [0.25, 0.3) is 0 Å². The fraction of sp³-hybridized carbons (Fsp3) is 0.833. The molecule has 2 saturated heterocycles. The fourth-order valence-electron chi connectivity index (χ4n) is 3.86. The molecule has 2 amide bonds. The molecule has 0 radical (unpaired) electrons. The normalized spacial score (nSPS) is 39.1. The molecule has 3 rings (SSSR count). The number of rotatable bonds is 1. The van der Waals surface area contributed by atoms with E-state index < -0.39 is 0 Å². The van der Waals surface area contributed by atoms with Crippen LogP contribution < -0.4 is 16.4 Å². The van der Waals surface area contributed by atoms with Gasteiger partial charge < -0.3 is 16.4 Å². The standard InChI is InChI=1S/C12H19N3O2/c13-9(16)8-5-11(7-14-8)6-12(15-10(11)17)3-1-2-4-12/h8,14H,1-7H2,(H2,13,16)(H,15,17)/t8-,11+/m0/s1. The maximum atomic E-state index is 12.2. The third kappa shape index (κ3) is 1.56. The van der Waals surface area contributed by atoms with Gasteiger partial charge in [0.2, 0.25) is 11.8 Å². The molecule has 5 heteroatoms. The average Bonchev–Trinajstić information content (AvgIpc) is 2.92. The molecule has 17 heavy (non-hydrogen) atoms. The molecule has 0 aromatic heterocycles. The van der Waals surface area contributed by atoms with E-state index in [-0.39, 0.29) is 28.8 Å². The van der Waals surface area contributed by atoms with Crippen LogP contribution in [-0.4, -0.2) is 29.9 Å². The maximum absolute atomic E-state index is 12.2. The van der Waals surface area contributed by atoms with Gasteiger partial charge in [0, 0.05) is 12.1 Å². The van der Waals surface area contributed by atoms with E-state index in [1.54, 1.807) is 0 Å². The van der Waals surface area contributed by atoms with Crippen LogP contribution in [0.4, 0.5) is 0 Å². The molecule has 0 unspecified atom stereocenters. The van der Waals surface area contributed by atoms with Gasteiger partial charge in [0.1, 0.15) is 0 Å². The Hall–Kier alpha value is -1.10. The molecule has 5 nitrogen and oxygen atoms in total. The molecule has 3 fully saturated rings. The van der Waals surface area contributed by atoms with E-state index in [1.165, 1.54) is 12.8 Å². The summed E-state index contributed by atoms with van der Waals surface area (Å²) in [6.07, 6.45) is 6.00. The highest BCUT2D eigenvalue weighted by molar-refractivity contribution is 5.89. The SMILES string of the molecule is NC(=O)[C@@H]1C[C@]2(CN1)CC1(CCCC1)NC2=O. The van der Waals surface area contributed by atoms with Gasteiger partial charge in [0.05, 0.1) is 11.5 Å². The summed E-state index contributed by atoms with van der Waals surface area (Å²) in [5.41, 5.74) is 4.94. The van der Waals surface area contributed by atoms with Crippen molar-refractivity contribution < 1.29 is 9.59 Å². The molecule has 4 N–H and O–H groups in total. The highest BCUT2D eigenvalue weighted by Crippen LogP contribution is 2.48. The van der Waals surface area contributed by atoms with Gasteiger partial charge in [-0.3, -0.25) is 9.59 Å². The van der Waals surface area contributed by atoms with E-state index in [4.69, 9.17) is 5.73 Å². The number of carbonyl (C=O) groups excluding carboxylic acids is 2. The molecule has 3 aliphatic rings. The highest BCUT2D eigenvalue weighted by atomic mass is 16.2. The first-order chi connectivity index (χ1) is 8.05. The lowest BCUT2D eigenvalue weighted by atomic mass is 9.78. The molecular weight excluding hydrogens is 218 g/mol. The van der Waals surface area contributed by atoms with Crippen molar-refractivity contribution >= 4 is 11.8 Å². The number of carbonyl (C=O) groups is 2. The first-order valence-electron chi connectivity index (χ1n) is 6.41. The van der Waals surface area contributed by atoms with E-state index in [1.807, 2.05) is 0 Å². The second-order valence-electron chi connectivity index (χ2n) is 5.94. The van der Waals surface area contributed by atoms with Gasteiger partial charge in [-0.05, 0) is 25.7 Å². The summed E-state index contributed by atoms with van der Waals surface area (Å²) < 4.78 is 0. The molecule has 0 aromatic carbocycles. The summed E-state index contributed by atoms with van der Waals surface area (Å²) in [5.74, 6) is -0.224. The molecule has 2 aliphatic heterocycles. The van der Waals surface area contributed by atoms with Crippen LogP contribution in [-0.2, 0) is 9.59 Å². The Balaban J connectivity index is 1.80. The molecule has 0 bridgehead atoms. The van der Waals surface area contributed by atoms with Gasteiger partial charge in [-0.25, -0.2) is 0 Å². The minimum Gasteiger partial charge on any atom is -0.368 e. The number of hydrogen-bond acceptors (Lipinski definition) is 3. The van der Waals surface area contributed by atoms with E-state index >= 15 is 0 Å². The van der Waals surface area contributed by atoms with Crippen LogP contribution in [0, 0.1) is 5.41 Å². The number of primary amides is 1. The predicted molar refractivity (Wildman–Crippen MR) is 62.0 cm³/mol. The van der Waals surface area contributed by atoms with E-state index in [2.05, 4.69) is 10.6 Å². The second kappa shape index (κ2) is 3.45. The maximum Gasteiger partial charge on any atom is 0.234 e. The van der Waals surface area contributed by atoms with Crippen molar-refractivity contribution in [1.82, 2.24) is 10.6 Å². The van der Waals surface area contributed by atoms with Crippen molar-refractivity contribution in [3.05, 3.63) is 0 Å². The Morgan fingerprint density at radius 2 is 2.06 bits per heavy atom. The summed E-state index contributed by atoms with van der Waals surface area (Å²) in [4.78, 5) is 23.4. The zero-order valence-corrected chi connectivity index (χ0v) is 9.92. The Bertz CT molecular complexity index is 376. The van der Waals surface area contributed by atoms with Crippen molar-refractivity contribution in [2.75, 3.05) is 6.54 Å². The van der Waals surface area contributed by atoms with Gasteiger partial charge in [-0.2, -0.15) is 0 Å². The van der Waals surface area contributed by atoms with Crippen LogP contribution in [0.3, 0.4) is 0 Å². The minimum absolute atomic E-state index is 0.0191. The molecular formula is C12H19N3O2. The van der Waals surface area contributed by atoms with E-state index in [9.17, 15) is 9.59 Å². The number of hydrogen-bond donors (Lipinski definition) is 3. The topological polar surface area (TPSA) is 84.2 Å². The summed E-state index contributed by atoms with van der Waals surface area (Å²) in [6, 6.07) is -0.336. The van der Waals surface area contributed by atoms with Crippen LogP contribution in [0.2, 0.25) is 0 Å². The molecule has 2 spiro atoms. The molecule has 0 aromatic rings. The fourth-order valence-corrected chi connectivity index (χ4v) is 3.86. The van der Waals surface area contributed by atoms with Crippen LogP contribution in [0.1, 0.15) is 38.5 Å². The van der Waals surface area contributed by atoms with Crippen molar-refractivity contribution in [1.29, 1.82) is 0 Å². The number of nitrogens with one attached hydrogen (secondary N) is 2. The molecule has 94 valence electrons. The lowest BCUT2D eigenvalue weighted by molar-refractivity contribution is -0.127. The lowest BCUT2D eigenvalue weighted by Crippen LogP contribution is -2.39. The first kappa shape index (κ1) is 11.0. The molecule has 1 saturated carbocycles. The van der Waals surface area contributed by atoms with E-state index in [0.29, 0.717) is 13.0 Å². The van der Waals surface area contributed by atoms with Gasteiger partial charge >= 0.3 is 0 Å². The minimum atomic E-state index is -0.385. The zero-order chi connectivity index (χ0) is 12.1. The number of nitrogens with two attached hydrogens (primary N) is 1. The van der Waals surface area contributed by atoms with Crippen molar-refractivity contribution in [3.8, 4) is 0 Å². The van der Waals surface area contributed by atoms with Crippen LogP contribution in [0.25, 0.3) is 0 Å².